The number of benzene rings is 1. The van der Waals surface area contributed by atoms with E-state index in [4.69, 9.17) is 15.7 Å². The van der Waals surface area contributed by atoms with Crippen LogP contribution in [0.5, 0.6) is 0 Å². The van der Waals surface area contributed by atoms with Gasteiger partial charge in [-0.2, -0.15) is 0 Å². The molecule has 1 fully saturated rings. The number of para-hydroxylation sites is 2. The Kier molecular flexibility index (Phi) is 6.44. The zero-order valence-corrected chi connectivity index (χ0v) is 19.0. The molecule has 0 saturated heterocycles. The lowest BCUT2D eigenvalue weighted by Crippen LogP contribution is -2.33. The van der Waals surface area contributed by atoms with Gasteiger partial charge in [0, 0.05) is 12.1 Å². The van der Waals surface area contributed by atoms with Crippen LogP contribution in [0.2, 0.25) is 0 Å². The maximum absolute atomic E-state index is 13.3. The lowest BCUT2D eigenvalue weighted by molar-refractivity contribution is 0.0940. The van der Waals surface area contributed by atoms with E-state index in [0.717, 1.165) is 42.4 Å². The highest BCUT2D eigenvalue weighted by Crippen LogP contribution is 2.37. The van der Waals surface area contributed by atoms with Crippen molar-refractivity contribution in [3.63, 3.8) is 0 Å². The topological polar surface area (TPSA) is 85.8 Å². The van der Waals surface area contributed by atoms with Crippen molar-refractivity contribution in [1.82, 2.24) is 19.9 Å². The molecule has 4 rings (SSSR count). The van der Waals surface area contributed by atoms with Gasteiger partial charge in [0.05, 0.1) is 11.0 Å². The van der Waals surface area contributed by atoms with Crippen molar-refractivity contribution in [2.24, 2.45) is 5.92 Å². The van der Waals surface area contributed by atoms with Crippen LogP contribution in [0.1, 0.15) is 88.5 Å². The average molecular weight is 422 g/mol. The molecule has 0 radical (unpaired) electrons. The summed E-state index contributed by atoms with van der Waals surface area (Å²) in [6, 6.07) is 8.18. The SMILES string of the molecule is CC(C)CCC[C@H](C)NC(=O)c1c(N)n(C2CCCCC2)c2nc3ccccc3nc12. The molecule has 1 aromatic carbocycles. The van der Waals surface area contributed by atoms with Crippen molar-refractivity contribution < 1.29 is 4.79 Å². The van der Waals surface area contributed by atoms with Crippen molar-refractivity contribution in [1.29, 1.82) is 0 Å². The van der Waals surface area contributed by atoms with Crippen LogP contribution in [0, 0.1) is 5.92 Å². The van der Waals surface area contributed by atoms with Crippen molar-refractivity contribution in [2.75, 3.05) is 5.73 Å². The number of nitrogens with one attached hydrogen (secondary N) is 1. The number of aromatic nitrogens is 3. The summed E-state index contributed by atoms with van der Waals surface area (Å²) in [6.45, 7) is 6.52. The highest BCUT2D eigenvalue weighted by atomic mass is 16.1. The molecular formula is C25H35N5O. The smallest absolute Gasteiger partial charge is 0.257 e. The van der Waals surface area contributed by atoms with Crippen LogP contribution in [-0.2, 0) is 0 Å². The van der Waals surface area contributed by atoms with E-state index in [2.05, 4.69) is 30.7 Å². The molecule has 1 saturated carbocycles. The number of fused-ring (bicyclic) bond motifs is 2. The molecule has 1 aliphatic carbocycles. The number of nitrogens with zero attached hydrogens (tertiary/aromatic N) is 3. The maximum Gasteiger partial charge on any atom is 0.257 e. The van der Waals surface area contributed by atoms with E-state index < -0.39 is 0 Å². The molecule has 6 nitrogen and oxygen atoms in total. The van der Waals surface area contributed by atoms with Gasteiger partial charge >= 0.3 is 0 Å². The van der Waals surface area contributed by atoms with Crippen LogP contribution in [0.25, 0.3) is 22.2 Å². The molecule has 2 heterocycles. The fraction of sp³-hybridized carbons (Fsp3) is 0.560. The molecule has 1 aliphatic rings. The zero-order valence-electron chi connectivity index (χ0n) is 19.0. The van der Waals surface area contributed by atoms with E-state index in [1.807, 2.05) is 24.3 Å². The van der Waals surface area contributed by atoms with Crippen LogP contribution in [0.3, 0.4) is 0 Å². The molecule has 0 bridgehead atoms. The molecule has 31 heavy (non-hydrogen) atoms. The first-order valence-electron chi connectivity index (χ1n) is 11.8. The van der Waals surface area contributed by atoms with E-state index in [0.29, 0.717) is 22.8 Å². The quantitative estimate of drug-likeness (QED) is 0.519. The molecule has 1 amide bonds. The fourth-order valence-electron chi connectivity index (χ4n) is 4.82. The van der Waals surface area contributed by atoms with E-state index in [1.54, 1.807) is 0 Å². The third-order valence-electron chi connectivity index (χ3n) is 6.50. The summed E-state index contributed by atoms with van der Waals surface area (Å²) >= 11 is 0. The Bertz CT molecular complexity index is 1060. The van der Waals surface area contributed by atoms with Crippen LogP contribution in [-0.4, -0.2) is 26.5 Å². The number of rotatable bonds is 7. The number of carbonyl (C=O) groups is 1. The number of nitrogens with two attached hydrogens (primary N) is 1. The highest BCUT2D eigenvalue weighted by molar-refractivity contribution is 6.10. The Morgan fingerprint density at radius 2 is 1.77 bits per heavy atom. The summed E-state index contributed by atoms with van der Waals surface area (Å²) in [7, 11) is 0. The van der Waals surface area contributed by atoms with Gasteiger partial charge in [0.15, 0.2) is 5.65 Å². The molecule has 6 heteroatoms. The lowest BCUT2D eigenvalue weighted by atomic mass is 9.95. The first-order valence-corrected chi connectivity index (χ1v) is 11.8. The minimum Gasteiger partial charge on any atom is -0.384 e. The predicted octanol–water partition coefficient (Wildman–Crippen LogP) is 5.62. The van der Waals surface area contributed by atoms with E-state index in [1.165, 1.54) is 25.7 Å². The van der Waals surface area contributed by atoms with Gasteiger partial charge in [-0.15, -0.1) is 0 Å². The van der Waals surface area contributed by atoms with Gasteiger partial charge in [-0.25, -0.2) is 9.97 Å². The highest BCUT2D eigenvalue weighted by Gasteiger charge is 2.28. The molecule has 0 spiro atoms. The summed E-state index contributed by atoms with van der Waals surface area (Å²) in [5, 5.41) is 3.17. The van der Waals surface area contributed by atoms with Crippen molar-refractivity contribution >= 4 is 33.9 Å². The summed E-state index contributed by atoms with van der Waals surface area (Å²) in [6.07, 6.45) is 8.97. The predicted molar refractivity (Wildman–Crippen MR) is 127 cm³/mol. The van der Waals surface area contributed by atoms with Crippen molar-refractivity contribution in [2.45, 2.75) is 84.2 Å². The molecule has 2 aromatic heterocycles. The van der Waals surface area contributed by atoms with Gasteiger partial charge in [0.2, 0.25) is 0 Å². The summed E-state index contributed by atoms with van der Waals surface area (Å²) < 4.78 is 2.09. The van der Waals surface area contributed by atoms with Crippen LogP contribution >= 0.6 is 0 Å². The van der Waals surface area contributed by atoms with Gasteiger partial charge in [-0.05, 0) is 44.2 Å². The molecule has 0 unspecified atom stereocenters. The molecule has 166 valence electrons. The second-order valence-electron chi connectivity index (χ2n) is 9.51. The molecule has 3 N–H and O–H groups in total. The standard InChI is InChI=1S/C25H35N5O/c1-16(2)10-9-11-17(3)27-25(31)21-22-24(29-20-15-8-7-14-19(20)28-22)30(23(21)26)18-12-5-4-6-13-18/h7-8,14-18H,4-6,9-13,26H2,1-3H3,(H,27,31)/t17-/m0/s1. The first-order chi connectivity index (χ1) is 15.0. The number of amides is 1. The second kappa shape index (κ2) is 9.25. The zero-order chi connectivity index (χ0) is 22.0. The molecule has 3 aromatic rings. The van der Waals surface area contributed by atoms with Crippen LogP contribution < -0.4 is 11.1 Å². The maximum atomic E-state index is 13.3. The molecular weight excluding hydrogens is 386 g/mol. The van der Waals surface area contributed by atoms with Crippen molar-refractivity contribution in [3.8, 4) is 0 Å². The first kappa shape index (κ1) is 21.6. The minimum atomic E-state index is -0.140. The van der Waals surface area contributed by atoms with E-state index in [9.17, 15) is 4.79 Å². The Morgan fingerprint density at radius 1 is 1.10 bits per heavy atom. The van der Waals surface area contributed by atoms with Crippen LogP contribution in [0.4, 0.5) is 5.82 Å². The minimum absolute atomic E-state index is 0.0900. The van der Waals surface area contributed by atoms with Gasteiger partial charge in [-0.1, -0.05) is 58.1 Å². The van der Waals surface area contributed by atoms with Gasteiger partial charge in [0.1, 0.15) is 16.9 Å². The molecule has 1 atom stereocenters. The summed E-state index contributed by atoms with van der Waals surface area (Å²) in [4.78, 5) is 23.1. The fourth-order valence-corrected chi connectivity index (χ4v) is 4.82. The molecule has 0 aliphatic heterocycles. The third kappa shape index (κ3) is 4.53. The number of carbonyl (C=O) groups excluding carboxylic acids is 1. The number of anilines is 1. The Labute approximate surface area is 184 Å². The largest absolute Gasteiger partial charge is 0.384 e. The van der Waals surface area contributed by atoms with Gasteiger partial charge in [0.25, 0.3) is 5.91 Å². The van der Waals surface area contributed by atoms with E-state index >= 15 is 0 Å². The average Bonchev–Trinajstić information content (AvgIpc) is 3.03. The van der Waals surface area contributed by atoms with Gasteiger partial charge in [-0.3, -0.25) is 4.79 Å². The number of hydrogen-bond acceptors (Lipinski definition) is 4. The Morgan fingerprint density at radius 3 is 2.45 bits per heavy atom. The summed E-state index contributed by atoms with van der Waals surface area (Å²) in [5.74, 6) is 1.04. The normalized spacial score (nSPS) is 16.3. The Hall–Kier alpha value is -2.63. The third-order valence-corrected chi connectivity index (χ3v) is 6.50. The monoisotopic (exact) mass is 421 g/mol. The second-order valence-corrected chi connectivity index (χ2v) is 9.51. The van der Waals surface area contributed by atoms with Crippen LogP contribution in [0.15, 0.2) is 24.3 Å². The summed E-state index contributed by atoms with van der Waals surface area (Å²) in [5.41, 5.74) is 10.1. The van der Waals surface area contributed by atoms with Gasteiger partial charge < -0.3 is 15.6 Å². The Balaban J connectivity index is 1.72. The van der Waals surface area contributed by atoms with Crippen molar-refractivity contribution in [3.05, 3.63) is 29.8 Å². The lowest BCUT2D eigenvalue weighted by Gasteiger charge is -2.25. The number of hydrogen-bond donors (Lipinski definition) is 2. The number of nitrogen functional groups attached to an aromatic ring is 1. The van der Waals surface area contributed by atoms with E-state index in [-0.39, 0.29) is 18.0 Å².